The van der Waals surface area contributed by atoms with Gasteiger partial charge in [-0.05, 0) is 24.8 Å². The summed E-state index contributed by atoms with van der Waals surface area (Å²) in [6.45, 7) is 0.844. The van der Waals surface area contributed by atoms with Crippen LogP contribution in [0.15, 0.2) is 18.2 Å². The Kier molecular flexibility index (Phi) is 4.60. The number of nitro groups is 1. The lowest BCUT2D eigenvalue weighted by atomic mass is 10.0. The van der Waals surface area contributed by atoms with E-state index in [2.05, 4.69) is 5.32 Å². The summed E-state index contributed by atoms with van der Waals surface area (Å²) < 4.78 is 0. The molecule has 0 aliphatic heterocycles. The number of hydrogen-bond acceptors (Lipinski definition) is 4. The summed E-state index contributed by atoms with van der Waals surface area (Å²) in [5.41, 5.74) is 6.85. The van der Waals surface area contributed by atoms with Crippen molar-refractivity contribution in [2.45, 2.75) is 38.5 Å². The summed E-state index contributed by atoms with van der Waals surface area (Å²) >= 11 is 0. The zero-order valence-electron chi connectivity index (χ0n) is 11.1. The number of nitrogens with zero attached hydrogens (tertiary/aromatic N) is 1. The Balaban J connectivity index is 1.80. The minimum atomic E-state index is -0.417. The number of rotatable bonds is 6. The lowest BCUT2D eigenvalue weighted by Crippen LogP contribution is -2.05. The zero-order chi connectivity index (χ0) is 13.7. The van der Waals surface area contributed by atoms with Gasteiger partial charge >= 0.3 is 0 Å². The SMILES string of the molecule is Nc1cc(NCCCC2CCCC2)cc([N+](=O)[O-])c1. The molecule has 1 aliphatic rings. The molecule has 3 N–H and O–H groups in total. The molecule has 5 nitrogen and oxygen atoms in total. The van der Waals surface area contributed by atoms with Crippen LogP contribution < -0.4 is 11.1 Å². The maximum absolute atomic E-state index is 10.7. The topological polar surface area (TPSA) is 81.2 Å². The van der Waals surface area contributed by atoms with Gasteiger partial charge in [-0.25, -0.2) is 0 Å². The Morgan fingerprint density at radius 2 is 2.05 bits per heavy atom. The Bertz CT molecular complexity index is 442. The van der Waals surface area contributed by atoms with Gasteiger partial charge in [0.2, 0.25) is 0 Å². The van der Waals surface area contributed by atoms with Crippen LogP contribution in [0.5, 0.6) is 0 Å². The molecule has 0 radical (unpaired) electrons. The summed E-state index contributed by atoms with van der Waals surface area (Å²) in [5.74, 6) is 0.886. The first-order valence-corrected chi connectivity index (χ1v) is 6.94. The number of nitro benzene ring substituents is 1. The number of hydrogen-bond donors (Lipinski definition) is 2. The van der Waals surface area contributed by atoms with Crippen molar-refractivity contribution >= 4 is 17.1 Å². The largest absolute Gasteiger partial charge is 0.398 e. The lowest BCUT2D eigenvalue weighted by molar-refractivity contribution is -0.384. The van der Waals surface area contributed by atoms with E-state index in [9.17, 15) is 10.1 Å². The predicted octanol–water partition coefficient (Wildman–Crippen LogP) is 3.56. The second-order valence-electron chi connectivity index (χ2n) is 5.29. The van der Waals surface area contributed by atoms with E-state index >= 15 is 0 Å². The number of nitrogens with two attached hydrogens (primary N) is 1. The molecule has 5 heteroatoms. The van der Waals surface area contributed by atoms with Crippen LogP contribution in [0.25, 0.3) is 0 Å². The molecule has 1 aromatic carbocycles. The normalized spacial score (nSPS) is 15.6. The molecule has 1 fully saturated rings. The summed E-state index contributed by atoms with van der Waals surface area (Å²) in [6.07, 6.45) is 7.83. The number of nitrogens with one attached hydrogen (secondary N) is 1. The van der Waals surface area contributed by atoms with E-state index in [0.29, 0.717) is 5.69 Å². The molecule has 0 saturated heterocycles. The second kappa shape index (κ2) is 6.41. The molecule has 0 spiro atoms. The van der Waals surface area contributed by atoms with Crippen LogP contribution in [0.1, 0.15) is 38.5 Å². The highest BCUT2D eigenvalue weighted by molar-refractivity contribution is 5.61. The minimum absolute atomic E-state index is 0.0401. The fraction of sp³-hybridized carbons (Fsp3) is 0.571. The quantitative estimate of drug-likeness (QED) is 0.356. The van der Waals surface area contributed by atoms with Gasteiger partial charge in [0, 0.05) is 30.1 Å². The van der Waals surface area contributed by atoms with E-state index in [0.717, 1.165) is 24.6 Å². The van der Waals surface area contributed by atoms with E-state index in [1.54, 1.807) is 6.07 Å². The van der Waals surface area contributed by atoms with Gasteiger partial charge in [-0.2, -0.15) is 0 Å². The van der Waals surface area contributed by atoms with Gasteiger partial charge < -0.3 is 11.1 Å². The first-order valence-electron chi connectivity index (χ1n) is 6.94. The number of nitrogen functional groups attached to an aromatic ring is 1. The fourth-order valence-electron chi connectivity index (χ4n) is 2.76. The van der Waals surface area contributed by atoms with Crippen molar-refractivity contribution in [1.82, 2.24) is 0 Å². The van der Waals surface area contributed by atoms with Gasteiger partial charge in [-0.1, -0.05) is 25.7 Å². The van der Waals surface area contributed by atoms with Gasteiger partial charge in [0.25, 0.3) is 5.69 Å². The summed E-state index contributed by atoms with van der Waals surface area (Å²) in [4.78, 5) is 10.3. The molecule has 1 aromatic rings. The molecular formula is C14H21N3O2. The molecule has 1 aliphatic carbocycles. The molecule has 0 amide bonds. The third-order valence-corrected chi connectivity index (χ3v) is 3.74. The van der Waals surface area contributed by atoms with Crippen molar-refractivity contribution in [3.05, 3.63) is 28.3 Å². The maximum Gasteiger partial charge on any atom is 0.273 e. The van der Waals surface area contributed by atoms with Gasteiger partial charge in [-0.15, -0.1) is 0 Å². The maximum atomic E-state index is 10.7. The van der Waals surface area contributed by atoms with Crippen LogP contribution in [0.3, 0.4) is 0 Å². The predicted molar refractivity (Wildman–Crippen MR) is 77.2 cm³/mol. The van der Waals surface area contributed by atoms with Crippen molar-refractivity contribution in [1.29, 1.82) is 0 Å². The van der Waals surface area contributed by atoms with E-state index in [4.69, 9.17) is 5.73 Å². The summed E-state index contributed by atoms with van der Waals surface area (Å²) in [6, 6.07) is 4.65. The van der Waals surface area contributed by atoms with Crippen LogP contribution in [0, 0.1) is 16.0 Å². The van der Waals surface area contributed by atoms with Gasteiger partial charge in [0.05, 0.1) is 4.92 Å². The smallest absolute Gasteiger partial charge is 0.273 e. The van der Waals surface area contributed by atoms with Crippen LogP contribution in [0.2, 0.25) is 0 Å². The molecule has 0 aromatic heterocycles. The Morgan fingerprint density at radius 1 is 1.32 bits per heavy atom. The van der Waals surface area contributed by atoms with Gasteiger partial charge in [-0.3, -0.25) is 10.1 Å². The fourth-order valence-corrected chi connectivity index (χ4v) is 2.76. The van der Waals surface area contributed by atoms with Crippen molar-refractivity contribution in [2.24, 2.45) is 5.92 Å². The highest BCUT2D eigenvalue weighted by Gasteiger charge is 2.14. The van der Waals surface area contributed by atoms with E-state index in [1.807, 2.05) is 0 Å². The summed E-state index contributed by atoms with van der Waals surface area (Å²) in [7, 11) is 0. The molecule has 104 valence electrons. The van der Waals surface area contributed by atoms with Crippen molar-refractivity contribution in [3.8, 4) is 0 Å². The van der Waals surface area contributed by atoms with Crippen molar-refractivity contribution in [3.63, 3.8) is 0 Å². The average molecular weight is 263 g/mol. The lowest BCUT2D eigenvalue weighted by Gasteiger charge is -2.10. The van der Waals surface area contributed by atoms with E-state index in [1.165, 1.54) is 44.2 Å². The van der Waals surface area contributed by atoms with Gasteiger partial charge in [0.1, 0.15) is 0 Å². The Labute approximate surface area is 113 Å². The highest BCUT2D eigenvalue weighted by atomic mass is 16.6. The third kappa shape index (κ3) is 4.12. The van der Waals surface area contributed by atoms with Crippen molar-refractivity contribution < 1.29 is 4.92 Å². The van der Waals surface area contributed by atoms with Crippen LogP contribution in [-0.4, -0.2) is 11.5 Å². The molecule has 2 rings (SSSR count). The number of non-ortho nitro benzene ring substituents is 1. The third-order valence-electron chi connectivity index (χ3n) is 3.74. The molecule has 1 saturated carbocycles. The first kappa shape index (κ1) is 13.6. The zero-order valence-corrected chi connectivity index (χ0v) is 11.1. The minimum Gasteiger partial charge on any atom is -0.398 e. The van der Waals surface area contributed by atoms with Crippen LogP contribution >= 0.6 is 0 Å². The first-order chi connectivity index (χ1) is 9.15. The number of anilines is 2. The Hall–Kier alpha value is -1.78. The summed E-state index contributed by atoms with van der Waals surface area (Å²) in [5, 5.41) is 14.0. The molecule has 0 unspecified atom stereocenters. The van der Waals surface area contributed by atoms with Crippen LogP contribution in [0.4, 0.5) is 17.1 Å². The molecule has 19 heavy (non-hydrogen) atoms. The second-order valence-corrected chi connectivity index (χ2v) is 5.29. The Morgan fingerprint density at radius 3 is 2.74 bits per heavy atom. The van der Waals surface area contributed by atoms with Crippen molar-refractivity contribution in [2.75, 3.05) is 17.6 Å². The molecular weight excluding hydrogens is 242 g/mol. The molecule has 0 heterocycles. The standard InChI is InChI=1S/C14H21N3O2/c15-12-8-13(10-14(9-12)17(18)19)16-7-3-6-11-4-1-2-5-11/h8-11,16H,1-7,15H2. The van der Waals surface area contributed by atoms with Crippen LogP contribution in [-0.2, 0) is 0 Å². The number of benzene rings is 1. The highest BCUT2D eigenvalue weighted by Crippen LogP contribution is 2.28. The van der Waals surface area contributed by atoms with Gasteiger partial charge in [0.15, 0.2) is 0 Å². The molecule has 0 bridgehead atoms. The van der Waals surface area contributed by atoms with E-state index < -0.39 is 4.92 Å². The average Bonchev–Trinajstić information content (AvgIpc) is 2.87. The van der Waals surface area contributed by atoms with E-state index in [-0.39, 0.29) is 5.69 Å². The molecule has 0 atom stereocenters. The monoisotopic (exact) mass is 263 g/mol.